The van der Waals surface area contributed by atoms with Crippen molar-refractivity contribution in [1.82, 2.24) is 0 Å². The van der Waals surface area contributed by atoms with Crippen molar-refractivity contribution >= 4 is 11.3 Å². The molecular weight excluding hydrogens is 216 g/mol. The van der Waals surface area contributed by atoms with Crippen LogP contribution in [0.1, 0.15) is 26.3 Å². The minimum atomic E-state index is -0.0316. The lowest BCUT2D eigenvalue weighted by molar-refractivity contribution is 0.448. The van der Waals surface area contributed by atoms with E-state index in [2.05, 4.69) is 26.2 Å². The predicted octanol–water partition coefficient (Wildman–Crippen LogP) is 4.42. The van der Waals surface area contributed by atoms with Gasteiger partial charge in [-0.25, -0.2) is 0 Å². The monoisotopic (exact) mass is 232 g/mol. The smallest absolute Gasteiger partial charge is 0.127 e. The predicted molar refractivity (Wildman–Crippen MR) is 70.1 cm³/mol. The maximum Gasteiger partial charge on any atom is 0.127 e. The summed E-state index contributed by atoms with van der Waals surface area (Å²) in [5.74, 6) is 0.411. The van der Waals surface area contributed by atoms with E-state index < -0.39 is 0 Å². The van der Waals surface area contributed by atoms with Crippen LogP contribution in [0.2, 0.25) is 0 Å². The molecule has 0 aliphatic carbocycles. The average molecular weight is 232 g/mol. The summed E-state index contributed by atoms with van der Waals surface area (Å²) in [6.07, 6.45) is 0. The van der Waals surface area contributed by atoms with Gasteiger partial charge < -0.3 is 5.11 Å². The maximum absolute atomic E-state index is 10.3. The Bertz CT molecular complexity index is 478. The number of benzene rings is 1. The van der Waals surface area contributed by atoms with Gasteiger partial charge in [-0.2, -0.15) is 11.3 Å². The van der Waals surface area contributed by atoms with Crippen molar-refractivity contribution in [2.75, 3.05) is 0 Å². The van der Waals surface area contributed by atoms with Crippen molar-refractivity contribution in [2.45, 2.75) is 26.2 Å². The fraction of sp³-hybridized carbons (Fsp3) is 0.286. The second-order valence-corrected chi connectivity index (χ2v) is 5.74. The summed E-state index contributed by atoms with van der Waals surface area (Å²) in [6.45, 7) is 6.33. The van der Waals surface area contributed by atoms with Gasteiger partial charge in [-0.15, -0.1) is 0 Å². The van der Waals surface area contributed by atoms with E-state index in [0.717, 1.165) is 16.7 Å². The van der Waals surface area contributed by atoms with Gasteiger partial charge in [0.05, 0.1) is 0 Å². The summed E-state index contributed by atoms with van der Waals surface area (Å²) in [5, 5.41) is 14.4. The Hall–Kier alpha value is -1.28. The van der Waals surface area contributed by atoms with Gasteiger partial charge in [0.25, 0.3) is 0 Å². The maximum atomic E-state index is 10.3. The van der Waals surface area contributed by atoms with Crippen molar-refractivity contribution in [2.24, 2.45) is 0 Å². The molecule has 0 spiro atoms. The van der Waals surface area contributed by atoms with Crippen LogP contribution in [0.3, 0.4) is 0 Å². The van der Waals surface area contributed by atoms with Gasteiger partial charge in [0, 0.05) is 5.56 Å². The van der Waals surface area contributed by atoms with Crippen LogP contribution in [0, 0.1) is 0 Å². The van der Waals surface area contributed by atoms with E-state index in [-0.39, 0.29) is 5.41 Å². The molecule has 0 aliphatic rings. The molecule has 0 fully saturated rings. The van der Waals surface area contributed by atoms with Crippen LogP contribution in [0.5, 0.6) is 5.75 Å². The molecule has 2 rings (SSSR count). The highest BCUT2D eigenvalue weighted by Gasteiger charge is 2.20. The molecule has 1 heterocycles. The fourth-order valence-corrected chi connectivity index (χ4v) is 2.46. The van der Waals surface area contributed by atoms with Crippen LogP contribution >= 0.6 is 11.3 Å². The van der Waals surface area contributed by atoms with E-state index in [1.807, 2.05) is 29.6 Å². The Balaban J connectivity index is 2.58. The number of rotatable bonds is 1. The van der Waals surface area contributed by atoms with Crippen LogP contribution in [0.25, 0.3) is 11.1 Å². The third-order valence-electron chi connectivity index (χ3n) is 2.68. The normalized spacial score (nSPS) is 11.7. The molecule has 0 amide bonds. The lowest BCUT2D eigenvalue weighted by Crippen LogP contribution is -2.11. The first kappa shape index (κ1) is 11.2. The van der Waals surface area contributed by atoms with Gasteiger partial charge in [-0.1, -0.05) is 39.0 Å². The first-order valence-corrected chi connectivity index (χ1v) is 6.29. The number of phenolic OH excluding ortho intramolecular Hbond substituents is 1. The van der Waals surface area contributed by atoms with E-state index in [1.165, 1.54) is 0 Å². The summed E-state index contributed by atoms with van der Waals surface area (Å²) in [6, 6.07) is 8.00. The number of thiophene rings is 1. The molecule has 1 N–H and O–H groups in total. The minimum absolute atomic E-state index is 0.0316. The van der Waals surface area contributed by atoms with Gasteiger partial charge in [-0.3, -0.25) is 0 Å². The molecule has 0 bridgehead atoms. The number of hydrogen-bond acceptors (Lipinski definition) is 2. The summed E-state index contributed by atoms with van der Waals surface area (Å²) >= 11 is 1.65. The zero-order valence-electron chi connectivity index (χ0n) is 9.82. The lowest BCUT2D eigenvalue weighted by atomic mass is 9.84. The quantitative estimate of drug-likeness (QED) is 0.771. The molecule has 0 saturated carbocycles. The molecule has 0 saturated heterocycles. The Morgan fingerprint density at radius 1 is 1.12 bits per heavy atom. The number of phenols is 1. The van der Waals surface area contributed by atoms with Gasteiger partial charge in [-0.05, 0) is 33.4 Å². The van der Waals surface area contributed by atoms with Crippen molar-refractivity contribution < 1.29 is 5.11 Å². The third-order valence-corrected chi connectivity index (χ3v) is 3.36. The van der Waals surface area contributed by atoms with Gasteiger partial charge in [0.1, 0.15) is 5.75 Å². The zero-order chi connectivity index (χ0) is 11.8. The Morgan fingerprint density at radius 2 is 1.88 bits per heavy atom. The first-order valence-electron chi connectivity index (χ1n) is 5.35. The van der Waals surface area contributed by atoms with Crippen LogP contribution in [0.4, 0.5) is 0 Å². The van der Waals surface area contributed by atoms with Gasteiger partial charge in [0.15, 0.2) is 0 Å². The molecule has 2 aromatic rings. The number of para-hydroxylation sites is 1. The molecule has 1 aromatic heterocycles. The molecule has 0 atom stereocenters. The van der Waals surface area contributed by atoms with Crippen LogP contribution < -0.4 is 0 Å². The number of hydrogen-bond donors (Lipinski definition) is 1. The van der Waals surface area contributed by atoms with E-state index in [1.54, 1.807) is 11.3 Å². The van der Waals surface area contributed by atoms with E-state index >= 15 is 0 Å². The van der Waals surface area contributed by atoms with Crippen molar-refractivity contribution in [1.29, 1.82) is 0 Å². The molecule has 0 radical (unpaired) electrons. The summed E-state index contributed by atoms with van der Waals surface area (Å²) in [7, 11) is 0. The minimum Gasteiger partial charge on any atom is -0.507 e. The van der Waals surface area contributed by atoms with Crippen LogP contribution in [-0.4, -0.2) is 5.11 Å². The molecule has 2 heteroatoms. The highest BCUT2D eigenvalue weighted by atomic mass is 32.1. The Labute approximate surface area is 100 Å². The van der Waals surface area contributed by atoms with Crippen molar-refractivity contribution in [3.63, 3.8) is 0 Å². The summed E-state index contributed by atoms with van der Waals surface area (Å²) < 4.78 is 0. The molecule has 0 unspecified atom stereocenters. The lowest BCUT2D eigenvalue weighted by Gasteiger charge is -2.21. The molecular formula is C14H16OS. The fourth-order valence-electron chi connectivity index (χ4n) is 1.80. The molecule has 84 valence electrons. The summed E-state index contributed by atoms with van der Waals surface area (Å²) in [4.78, 5) is 0. The van der Waals surface area contributed by atoms with E-state index in [4.69, 9.17) is 0 Å². The largest absolute Gasteiger partial charge is 0.507 e. The standard InChI is InChI=1S/C14H16OS/c1-14(2,3)12-6-4-5-11(13(12)15)10-7-8-16-9-10/h4-9,15H,1-3H3. The van der Waals surface area contributed by atoms with E-state index in [9.17, 15) is 5.11 Å². The third kappa shape index (κ3) is 1.98. The first-order chi connectivity index (χ1) is 7.50. The second-order valence-electron chi connectivity index (χ2n) is 4.96. The second kappa shape index (κ2) is 3.95. The molecule has 0 aliphatic heterocycles. The van der Waals surface area contributed by atoms with E-state index in [0.29, 0.717) is 5.75 Å². The van der Waals surface area contributed by atoms with Gasteiger partial charge >= 0.3 is 0 Å². The van der Waals surface area contributed by atoms with Crippen molar-refractivity contribution in [3.05, 3.63) is 40.6 Å². The SMILES string of the molecule is CC(C)(C)c1cccc(-c2ccsc2)c1O. The highest BCUT2D eigenvalue weighted by molar-refractivity contribution is 7.08. The highest BCUT2D eigenvalue weighted by Crippen LogP contribution is 2.38. The van der Waals surface area contributed by atoms with Crippen molar-refractivity contribution in [3.8, 4) is 16.9 Å². The topological polar surface area (TPSA) is 20.2 Å². The van der Waals surface area contributed by atoms with Gasteiger partial charge in [0.2, 0.25) is 0 Å². The molecule has 1 aromatic carbocycles. The number of aromatic hydroxyl groups is 1. The van der Waals surface area contributed by atoms with Crippen LogP contribution in [0.15, 0.2) is 35.0 Å². The Kier molecular flexibility index (Phi) is 2.76. The van der Waals surface area contributed by atoms with Crippen LogP contribution in [-0.2, 0) is 5.41 Å². The Morgan fingerprint density at radius 3 is 2.44 bits per heavy atom. The summed E-state index contributed by atoms with van der Waals surface area (Å²) in [5.41, 5.74) is 2.98. The zero-order valence-corrected chi connectivity index (χ0v) is 10.6. The average Bonchev–Trinajstić information content (AvgIpc) is 2.69. The molecule has 16 heavy (non-hydrogen) atoms. The molecule has 1 nitrogen and oxygen atoms in total.